The Kier molecular flexibility index (Phi) is 1.34. The normalized spacial score (nSPS) is 49.9. The zero-order valence-corrected chi connectivity index (χ0v) is 4.85. The Bertz CT molecular complexity index is 72.0. The first-order valence-corrected chi connectivity index (χ1v) is 3.38. The highest BCUT2D eigenvalue weighted by Gasteiger charge is 2.43. The molecule has 0 aromatic rings. The van der Waals surface area contributed by atoms with Crippen molar-refractivity contribution < 1.29 is 0 Å². The van der Waals surface area contributed by atoms with E-state index in [1.54, 1.807) is 19.3 Å². The topological polar surface area (TPSA) is 0 Å². The zero-order chi connectivity index (χ0) is 4.85. The zero-order valence-electron chi connectivity index (χ0n) is 4.85. The number of hydrogen-bond acceptors (Lipinski definition) is 0. The smallest absolute Gasteiger partial charge is 0.0383 e. The molecule has 0 aliphatic heterocycles. The van der Waals surface area contributed by atoms with Crippen molar-refractivity contribution in [3.63, 3.8) is 0 Å². The van der Waals surface area contributed by atoms with Crippen LogP contribution in [-0.2, 0) is 0 Å². The maximum atomic E-state index is 2.41. The van der Waals surface area contributed by atoms with Crippen molar-refractivity contribution in [3.05, 3.63) is 0 Å². The maximum absolute atomic E-state index is 2.41. The predicted octanol–water partition coefficient (Wildman–Crippen LogP) is 2.69. The van der Waals surface area contributed by atoms with E-state index in [0.29, 0.717) is 0 Å². The van der Waals surface area contributed by atoms with Gasteiger partial charge in [-0.25, -0.2) is 0 Å². The maximum Gasteiger partial charge on any atom is -0.0383 e. The standard InChI is InChI=1S/C7H12.CH4/c1-5-6-2-3-7(5)4-6;/h5-7H,2-4H2,1H3;1H4. The van der Waals surface area contributed by atoms with Gasteiger partial charge in [0.1, 0.15) is 0 Å². The molecule has 0 heterocycles. The molecule has 0 spiro atoms. The van der Waals surface area contributed by atoms with Crippen LogP contribution in [0.1, 0.15) is 33.6 Å². The Balaban J connectivity index is 0.000000320. The Labute approximate surface area is 52.3 Å². The molecule has 0 aromatic carbocycles. The molecule has 2 unspecified atom stereocenters. The fraction of sp³-hybridized carbons (Fsp3) is 1.00. The second-order valence-corrected chi connectivity index (χ2v) is 3.19. The fourth-order valence-electron chi connectivity index (χ4n) is 2.20. The lowest BCUT2D eigenvalue weighted by atomic mass is 9.74. The third-order valence-electron chi connectivity index (χ3n) is 3.00. The molecule has 48 valence electrons. The van der Waals surface area contributed by atoms with E-state index in [1.165, 1.54) is 0 Å². The summed E-state index contributed by atoms with van der Waals surface area (Å²) in [5, 5.41) is 0. The molecule has 0 nitrogen and oxygen atoms in total. The summed E-state index contributed by atoms with van der Waals surface area (Å²) < 4.78 is 0. The lowest BCUT2D eigenvalue weighted by Crippen LogP contribution is -2.24. The van der Waals surface area contributed by atoms with Gasteiger partial charge in [0.15, 0.2) is 0 Å². The van der Waals surface area contributed by atoms with Crippen LogP contribution in [0.3, 0.4) is 0 Å². The highest BCUT2D eigenvalue weighted by atomic mass is 14.5. The van der Waals surface area contributed by atoms with Crippen molar-refractivity contribution in [2.75, 3.05) is 0 Å². The minimum atomic E-state index is 0. The molecule has 8 heavy (non-hydrogen) atoms. The molecule has 0 radical (unpaired) electrons. The third-order valence-corrected chi connectivity index (χ3v) is 3.00. The number of rotatable bonds is 0. The summed E-state index contributed by atoms with van der Waals surface area (Å²) in [6, 6.07) is 0. The average molecular weight is 112 g/mol. The van der Waals surface area contributed by atoms with Gasteiger partial charge in [0.2, 0.25) is 0 Å². The van der Waals surface area contributed by atoms with Crippen LogP contribution in [-0.4, -0.2) is 0 Å². The number of hydrogen-bond donors (Lipinski definition) is 0. The van der Waals surface area contributed by atoms with E-state index in [1.807, 2.05) is 0 Å². The van der Waals surface area contributed by atoms with Crippen molar-refractivity contribution in [1.29, 1.82) is 0 Å². The first-order valence-electron chi connectivity index (χ1n) is 3.38. The molecule has 3 aliphatic carbocycles. The molecule has 0 heteroatoms. The number of fused-ring (bicyclic) bond motifs is 1. The summed E-state index contributed by atoms with van der Waals surface area (Å²) in [4.78, 5) is 0. The van der Waals surface area contributed by atoms with Gasteiger partial charge in [-0.3, -0.25) is 0 Å². The van der Waals surface area contributed by atoms with Crippen molar-refractivity contribution in [2.24, 2.45) is 17.8 Å². The van der Waals surface area contributed by atoms with Crippen molar-refractivity contribution in [2.45, 2.75) is 33.6 Å². The van der Waals surface area contributed by atoms with Gasteiger partial charge in [0.25, 0.3) is 0 Å². The highest BCUT2D eigenvalue weighted by molar-refractivity contribution is 4.93. The molecule has 3 rings (SSSR count). The predicted molar refractivity (Wildman–Crippen MR) is 36.7 cm³/mol. The summed E-state index contributed by atoms with van der Waals surface area (Å²) in [7, 11) is 0. The molecule has 2 atom stereocenters. The van der Waals surface area contributed by atoms with Gasteiger partial charge in [0.05, 0.1) is 0 Å². The molecule has 2 bridgehead atoms. The van der Waals surface area contributed by atoms with Crippen LogP contribution >= 0.6 is 0 Å². The molecule has 3 saturated carbocycles. The summed E-state index contributed by atoms with van der Waals surface area (Å²) in [6.45, 7) is 2.41. The Morgan fingerprint density at radius 1 is 1.12 bits per heavy atom. The van der Waals surface area contributed by atoms with Gasteiger partial charge < -0.3 is 0 Å². The van der Waals surface area contributed by atoms with E-state index >= 15 is 0 Å². The van der Waals surface area contributed by atoms with Crippen LogP contribution in [0.25, 0.3) is 0 Å². The van der Waals surface area contributed by atoms with Gasteiger partial charge in [0, 0.05) is 0 Å². The van der Waals surface area contributed by atoms with E-state index in [0.717, 1.165) is 17.8 Å². The van der Waals surface area contributed by atoms with Gasteiger partial charge in [-0.2, -0.15) is 0 Å². The van der Waals surface area contributed by atoms with Crippen LogP contribution in [0.4, 0.5) is 0 Å². The average Bonchev–Trinajstić information content (AvgIpc) is 2.18. The van der Waals surface area contributed by atoms with Gasteiger partial charge in [-0.15, -0.1) is 0 Å². The van der Waals surface area contributed by atoms with Crippen molar-refractivity contribution in [1.82, 2.24) is 0 Å². The third kappa shape index (κ3) is 0.519. The minimum absolute atomic E-state index is 0. The summed E-state index contributed by atoms with van der Waals surface area (Å²) in [5.74, 6) is 3.43. The van der Waals surface area contributed by atoms with Crippen molar-refractivity contribution in [3.8, 4) is 0 Å². The fourth-order valence-corrected chi connectivity index (χ4v) is 2.20. The first-order chi connectivity index (χ1) is 3.38. The second kappa shape index (κ2) is 1.75. The quantitative estimate of drug-likeness (QED) is 0.452. The summed E-state index contributed by atoms with van der Waals surface area (Å²) in [5.41, 5.74) is 0. The van der Waals surface area contributed by atoms with Crippen LogP contribution in [0.2, 0.25) is 0 Å². The lowest BCUT2D eigenvalue weighted by molar-refractivity contribution is 0.178. The van der Waals surface area contributed by atoms with Crippen LogP contribution in [0.5, 0.6) is 0 Å². The van der Waals surface area contributed by atoms with Gasteiger partial charge >= 0.3 is 0 Å². The molecule has 0 N–H and O–H groups in total. The lowest BCUT2D eigenvalue weighted by Gasteiger charge is -2.31. The first kappa shape index (κ1) is 6.12. The van der Waals surface area contributed by atoms with Crippen LogP contribution in [0, 0.1) is 17.8 Å². The SMILES string of the molecule is C.CC1C2CCC1C2. The van der Waals surface area contributed by atoms with E-state index in [4.69, 9.17) is 0 Å². The Hall–Kier alpha value is 0. The summed E-state index contributed by atoms with van der Waals surface area (Å²) in [6.07, 6.45) is 4.67. The minimum Gasteiger partial charge on any atom is -0.0776 e. The highest BCUT2D eigenvalue weighted by Crippen LogP contribution is 2.52. The molecular weight excluding hydrogens is 96.1 g/mol. The monoisotopic (exact) mass is 112 g/mol. The van der Waals surface area contributed by atoms with E-state index in [2.05, 4.69) is 6.92 Å². The molecule has 0 amide bonds. The molecular formula is C8H16. The molecule has 3 aliphatic rings. The largest absolute Gasteiger partial charge is 0.0776 e. The second-order valence-electron chi connectivity index (χ2n) is 3.19. The Morgan fingerprint density at radius 2 is 1.62 bits per heavy atom. The Morgan fingerprint density at radius 3 is 1.75 bits per heavy atom. The van der Waals surface area contributed by atoms with E-state index in [9.17, 15) is 0 Å². The van der Waals surface area contributed by atoms with Crippen LogP contribution in [0.15, 0.2) is 0 Å². The molecule has 3 fully saturated rings. The molecule has 0 saturated heterocycles. The van der Waals surface area contributed by atoms with Crippen molar-refractivity contribution >= 4 is 0 Å². The van der Waals surface area contributed by atoms with E-state index in [-0.39, 0.29) is 7.43 Å². The van der Waals surface area contributed by atoms with Gasteiger partial charge in [-0.1, -0.05) is 14.4 Å². The molecule has 0 aromatic heterocycles. The van der Waals surface area contributed by atoms with E-state index < -0.39 is 0 Å². The van der Waals surface area contributed by atoms with Crippen LogP contribution < -0.4 is 0 Å². The van der Waals surface area contributed by atoms with Gasteiger partial charge in [-0.05, 0) is 37.0 Å². The summed E-state index contributed by atoms with van der Waals surface area (Å²) >= 11 is 0.